The van der Waals surface area contributed by atoms with Crippen molar-refractivity contribution < 1.29 is 0 Å². The number of rotatable bonds is 4. The minimum atomic E-state index is 0.897. The van der Waals surface area contributed by atoms with E-state index in [-0.39, 0.29) is 0 Å². The summed E-state index contributed by atoms with van der Waals surface area (Å²) in [5, 5.41) is 6.56. The lowest BCUT2D eigenvalue weighted by Crippen LogP contribution is -1.98. The highest BCUT2D eigenvalue weighted by Gasteiger charge is 1.97. The van der Waals surface area contributed by atoms with Gasteiger partial charge in [0.05, 0.1) is 23.8 Å². The van der Waals surface area contributed by atoms with Gasteiger partial charge in [0, 0.05) is 15.8 Å². The van der Waals surface area contributed by atoms with Crippen LogP contribution in [0.15, 0.2) is 42.7 Å². The smallest absolute Gasteiger partial charge is 0.0591 e. The van der Waals surface area contributed by atoms with Crippen molar-refractivity contribution in [2.45, 2.75) is 6.92 Å². The standard InChI is InChI=1S/C13H14IN3/c1-2-16-12-7-13(9-15-8-12)17-11-5-3-10(14)4-6-11/h3-9,16-17H,2H2,1H3. The summed E-state index contributed by atoms with van der Waals surface area (Å²) in [7, 11) is 0. The van der Waals surface area contributed by atoms with Gasteiger partial charge in [0.1, 0.15) is 0 Å². The first-order valence-corrected chi connectivity index (χ1v) is 6.57. The fraction of sp³-hybridized carbons (Fsp3) is 0.154. The normalized spacial score (nSPS) is 10.0. The molecule has 1 heterocycles. The summed E-state index contributed by atoms with van der Waals surface area (Å²) in [6, 6.07) is 10.3. The van der Waals surface area contributed by atoms with Gasteiger partial charge in [-0.15, -0.1) is 0 Å². The molecule has 0 amide bonds. The second-order valence-electron chi connectivity index (χ2n) is 3.62. The van der Waals surface area contributed by atoms with E-state index in [1.165, 1.54) is 3.57 Å². The SMILES string of the molecule is CCNc1cncc(Nc2ccc(I)cc2)c1. The van der Waals surface area contributed by atoms with Crippen LogP contribution in [0, 0.1) is 3.57 Å². The second kappa shape index (κ2) is 5.86. The molecule has 4 heteroatoms. The van der Waals surface area contributed by atoms with E-state index in [1.807, 2.05) is 12.4 Å². The van der Waals surface area contributed by atoms with Gasteiger partial charge in [-0.05, 0) is 59.8 Å². The molecule has 0 fully saturated rings. The molecule has 2 N–H and O–H groups in total. The maximum Gasteiger partial charge on any atom is 0.0591 e. The first-order valence-electron chi connectivity index (χ1n) is 5.49. The monoisotopic (exact) mass is 339 g/mol. The molecule has 0 radical (unpaired) electrons. The number of nitrogens with zero attached hydrogens (tertiary/aromatic N) is 1. The first kappa shape index (κ1) is 12.2. The number of hydrogen-bond donors (Lipinski definition) is 2. The Bertz CT molecular complexity index is 482. The zero-order valence-electron chi connectivity index (χ0n) is 9.57. The van der Waals surface area contributed by atoms with Gasteiger partial charge in [-0.3, -0.25) is 4.98 Å². The molecule has 17 heavy (non-hydrogen) atoms. The molecule has 3 nitrogen and oxygen atoms in total. The third kappa shape index (κ3) is 3.59. The molecule has 2 rings (SSSR count). The Morgan fingerprint density at radius 2 is 1.76 bits per heavy atom. The summed E-state index contributed by atoms with van der Waals surface area (Å²) in [5.41, 5.74) is 3.09. The van der Waals surface area contributed by atoms with E-state index in [0.29, 0.717) is 0 Å². The first-order chi connectivity index (χ1) is 8.28. The summed E-state index contributed by atoms with van der Waals surface area (Å²) in [6.07, 6.45) is 3.64. The predicted molar refractivity (Wildman–Crippen MR) is 80.8 cm³/mol. The summed E-state index contributed by atoms with van der Waals surface area (Å²) < 4.78 is 1.23. The molecule has 0 atom stereocenters. The molecule has 0 bridgehead atoms. The van der Waals surface area contributed by atoms with Crippen molar-refractivity contribution in [3.8, 4) is 0 Å². The van der Waals surface area contributed by atoms with Gasteiger partial charge in [-0.1, -0.05) is 0 Å². The highest BCUT2D eigenvalue weighted by molar-refractivity contribution is 14.1. The summed E-state index contributed by atoms with van der Waals surface area (Å²) in [5.74, 6) is 0. The van der Waals surface area contributed by atoms with Crippen molar-refractivity contribution in [2.75, 3.05) is 17.2 Å². The second-order valence-corrected chi connectivity index (χ2v) is 4.87. The maximum absolute atomic E-state index is 4.19. The molecule has 2 aromatic rings. The van der Waals surface area contributed by atoms with Crippen LogP contribution in [0.25, 0.3) is 0 Å². The minimum absolute atomic E-state index is 0.897. The van der Waals surface area contributed by atoms with Crippen molar-refractivity contribution in [2.24, 2.45) is 0 Å². The summed E-state index contributed by atoms with van der Waals surface area (Å²) >= 11 is 2.29. The van der Waals surface area contributed by atoms with Crippen LogP contribution in [-0.4, -0.2) is 11.5 Å². The Morgan fingerprint density at radius 3 is 2.47 bits per heavy atom. The van der Waals surface area contributed by atoms with Crippen molar-refractivity contribution in [1.29, 1.82) is 0 Å². The van der Waals surface area contributed by atoms with Crippen LogP contribution in [-0.2, 0) is 0 Å². The molecule has 0 aliphatic carbocycles. The minimum Gasteiger partial charge on any atom is -0.384 e. The van der Waals surface area contributed by atoms with Crippen LogP contribution >= 0.6 is 22.6 Å². The lowest BCUT2D eigenvalue weighted by molar-refractivity contribution is 1.19. The molecule has 0 saturated carbocycles. The van der Waals surface area contributed by atoms with Crippen LogP contribution < -0.4 is 10.6 Å². The molecule has 0 spiro atoms. The molecule has 0 aliphatic rings. The third-order valence-electron chi connectivity index (χ3n) is 2.25. The van der Waals surface area contributed by atoms with Crippen LogP contribution in [0.5, 0.6) is 0 Å². The molecule has 0 unspecified atom stereocenters. The van der Waals surface area contributed by atoms with E-state index < -0.39 is 0 Å². The van der Waals surface area contributed by atoms with Gasteiger partial charge in [0.15, 0.2) is 0 Å². The van der Waals surface area contributed by atoms with Crippen molar-refractivity contribution >= 4 is 39.7 Å². The number of halogens is 1. The Morgan fingerprint density at radius 1 is 1.06 bits per heavy atom. The molecule has 0 saturated heterocycles. The lowest BCUT2D eigenvalue weighted by Gasteiger charge is -2.08. The van der Waals surface area contributed by atoms with E-state index in [4.69, 9.17) is 0 Å². The van der Waals surface area contributed by atoms with Gasteiger partial charge in [0.2, 0.25) is 0 Å². The Hall–Kier alpha value is -1.30. The highest BCUT2D eigenvalue weighted by Crippen LogP contribution is 2.19. The molecule has 0 aliphatic heterocycles. The molecule has 1 aromatic carbocycles. The molecular weight excluding hydrogens is 325 g/mol. The number of hydrogen-bond acceptors (Lipinski definition) is 3. The number of nitrogens with one attached hydrogen (secondary N) is 2. The average molecular weight is 339 g/mol. The topological polar surface area (TPSA) is 37.0 Å². The van der Waals surface area contributed by atoms with E-state index in [2.05, 4.69) is 75.5 Å². The van der Waals surface area contributed by atoms with E-state index in [9.17, 15) is 0 Å². The number of aromatic nitrogens is 1. The van der Waals surface area contributed by atoms with Gasteiger partial charge < -0.3 is 10.6 Å². The average Bonchev–Trinajstić information content (AvgIpc) is 2.33. The summed E-state index contributed by atoms with van der Waals surface area (Å²) in [6.45, 7) is 2.97. The van der Waals surface area contributed by atoms with E-state index in [1.54, 1.807) is 0 Å². The Balaban J connectivity index is 2.12. The van der Waals surface area contributed by atoms with Crippen LogP contribution in [0.4, 0.5) is 17.1 Å². The van der Waals surface area contributed by atoms with Crippen molar-refractivity contribution in [3.63, 3.8) is 0 Å². The maximum atomic E-state index is 4.19. The fourth-order valence-corrected chi connectivity index (χ4v) is 1.87. The quantitative estimate of drug-likeness (QED) is 0.831. The zero-order valence-corrected chi connectivity index (χ0v) is 11.7. The molecule has 1 aromatic heterocycles. The predicted octanol–water partition coefficient (Wildman–Crippen LogP) is 3.86. The molecular formula is C13H14IN3. The van der Waals surface area contributed by atoms with Gasteiger partial charge in [0.25, 0.3) is 0 Å². The third-order valence-corrected chi connectivity index (χ3v) is 2.97. The van der Waals surface area contributed by atoms with Crippen LogP contribution in [0.2, 0.25) is 0 Å². The lowest BCUT2D eigenvalue weighted by atomic mass is 10.3. The number of pyridine rings is 1. The fourth-order valence-electron chi connectivity index (χ4n) is 1.51. The Kier molecular flexibility index (Phi) is 4.19. The van der Waals surface area contributed by atoms with Gasteiger partial charge in [-0.25, -0.2) is 0 Å². The van der Waals surface area contributed by atoms with Crippen LogP contribution in [0.1, 0.15) is 6.92 Å². The van der Waals surface area contributed by atoms with Gasteiger partial charge >= 0.3 is 0 Å². The summed E-state index contributed by atoms with van der Waals surface area (Å²) in [4.78, 5) is 4.19. The van der Waals surface area contributed by atoms with Crippen molar-refractivity contribution in [1.82, 2.24) is 4.98 Å². The van der Waals surface area contributed by atoms with Crippen LogP contribution in [0.3, 0.4) is 0 Å². The number of benzene rings is 1. The number of anilines is 3. The molecule has 88 valence electrons. The highest BCUT2D eigenvalue weighted by atomic mass is 127. The zero-order chi connectivity index (χ0) is 12.1. The Labute approximate surface area is 115 Å². The van der Waals surface area contributed by atoms with Gasteiger partial charge in [-0.2, -0.15) is 0 Å². The van der Waals surface area contributed by atoms with Crippen molar-refractivity contribution in [3.05, 3.63) is 46.3 Å². The largest absolute Gasteiger partial charge is 0.384 e. The van der Waals surface area contributed by atoms with E-state index >= 15 is 0 Å². The van der Waals surface area contributed by atoms with E-state index in [0.717, 1.165) is 23.6 Å².